The molecule has 0 bridgehead atoms. The predicted molar refractivity (Wildman–Crippen MR) is 107 cm³/mol. The molecule has 0 spiro atoms. The second-order valence-electron chi connectivity index (χ2n) is 5.68. The van der Waals surface area contributed by atoms with E-state index in [-0.39, 0.29) is 11.4 Å². The van der Waals surface area contributed by atoms with Gasteiger partial charge in [-0.15, -0.1) is 11.8 Å². The fourth-order valence-corrected chi connectivity index (χ4v) is 2.92. The van der Waals surface area contributed by atoms with E-state index in [4.69, 9.17) is 9.47 Å². The van der Waals surface area contributed by atoms with Gasteiger partial charge < -0.3 is 14.8 Å². The number of nitrogens with zero attached hydrogens (tertiary/aromatic N) is 2. The first-order chi connectivity index (χ1) is 13.6. The molecule has 7 nitrogen and oxygen atoms in total. The van der Waals surface area contributed by atoms with Crippen molar-refractivity contribution in [1.29, 1.82) is 0 Å². The van der Waals surface area contributed by atoms with Crippen LogP contribution in [0.5, 0.6) is 5.75 Å². The van der Waals surface area contributed by atoms with Crippen LogP contribution in [0.3, 0.4) is 0 Å². The van der Waals surface area contributed by atoms with E-state index in [9.17, 15) is 9.59 Å². The van der Waals surface area contributed by atoms with Gasteiger partial charge in [0.1, 0.15) is 0 Å². The van der Waals surface area contributed by atoms with E-state index in [1.54, 1.807) is 24.0 Å². The second kappa shape index (κ2) is 9.09. The zero-order valence-corrected chi connectivity index (χ0v) is 16.2. The Morgan fingerprint density at radius 2 is 1.93 bits per heavy atom. The number of amides is 1. The number of aromatic nitrogens is 2. The van der Waals surface area contributed by atoms with Crippen LogP contribution in [0.2, 0.25) is 0 Å². The number of hydrogen-bond acceptors (Lipinski definition) is 6. The molecule has 3 aromatic rings. The highest BCUT2D eigenvalue weighted by Crippen LogP contribution is 2.21. The number of benzene rings is 2. The molecule has 144 valence electrons. The number of carbonyl (C=O) groups is 2. The second-order valence-corrected chi connectivity index (χ2v) is 6.56. The first-order valence-electron chi connectivity index (χ1n) is 8.41. The topological polar surface area (TPSA) is 82.5 Å². The van der Waals surface area contributed by atoms with Crippen molar-refractivity contribution in [2.75, 3.05) is 25.3 Å². The fourth-order valence-electron chi connectivity index (χ4n) is 2.46. The van der Waals surface area contributed by atoms with Crippen molar-refractivity contribution in [1.82, 2.24) is 9.78 Å². The standard InChI is InChI=1S/C20H19N3O4S/c1-26-17-12-23(15-8-4-3-5-9-15)22-19(17)20(25)27-13-18(24)21-14-7-6-10-16(11-14)28-2/h3-12H,13H2,1-2H3,(H,21,24). The minimum Gasteiger partial charge on any atom is -0.493 e. The Kier molecular flexibility index (Phi) is 6.33. The van der Waals surface area contributed by atoms with Crippen LogP contribution >= 0.6 is 11.8 Å². The summed E-state index contributed by atoms with van der Waals surface area (Å²) in [6, 6.07) is 16.7. The van der Waals surface area contributed by atoms with Gasteiger partial charge >= 0.3 is 5.97 Å². The van der Waals surface area contributed by atoms with Gasteiger partial charge in [0.25, 0.3) is 5.91 Å². The normalized spacial score (nSPS) is 10.4. The van der Waals surface area contributed by atoms with Crippen LogP contribution in [0.25, 0.3) is 5.69 Å². The van der Waals surface area contributed by atoms with Crippen LogP contribution < -0.4 is 10.1 Å². The number of nitrogens with one attached hydrogen (secondary N) is 1. The van der Waals surface area contributed by atoms with E-state index in [1.165, 1.54) is 11.8 Å². The zero-order chi connectivity index (χ0) is 19.9. The maximum Gasteiger partial charge on any atom is 0.363 e. The zero-order valence-electron chi connectivity index (χ0n) is 15.4. The van der Waals surface area contributed by atoms with Crippen LogP contribution in [0, 0.1) is 0 Å². The summed E-state index contributed by atoms with van der Waals surface area (Å²) in [5, 5.41) is 6.92. The Hall–Kier alpha value is -3.26. The highest BCUT2D eigenvalue weighted by atomic mass is 32.2. The summed E-state index contributed by atoms with van der Waals surface area (Å²) < 4.78 is 11.8. The maximum absolute atomic E-state index is 12.4. The van der Waals surface area contributed by atoms with Crippen LogP contribution in [-0.2, 0) is 9.53 Å². The third-order valence-electron chi connectivity index (χ3n) is 3.80. The van der Waals surface area contributed by atoms with Gasteiger partial charge in [-0.2, -0.15) is 5.10 Å². The van der Waals surface area contributed by atoms with Gasteiger partial charge in [0, 0.05) is 10.6 Å². The molecule has 0 unspecified atom stereocenters. The third kappa shape index (κ3) is 4.72. The van der Waals surface area contributed by atoms with Gasteiger partial charge in [-0.3, -0.25) is 4.79 Å². The quantitative estimate of drug-likeness (QED) is 0.486. The summed E-state index contributed by atoms with van der Waals surface area (Å²) in [7, 11) is 1.44. The number of hydrogen-bond donors (Lipinski definition) is 1. The highest BCUT2D eigenvalue weighted by Gasteiger charge is 2.21. The van der Waals surface area contributed by atoms with Crippen molar-refractivity contribution in [2.45, 2.75) is 4.90 Å². The largest absolute Gasteiger partial charge is 0.493 e. The number of thioether (sulfide) groups is 1. The molecule has 0 fully saturated rings. The van der Waals surface area contributed by atoms with Gasteiger partial charge in [-0.1, -0.05) is 24.3 Å². The molecule has 28 heavy (non-hydrogen) atoms. The van der Waals surface area contributed by atoms with Crippen LogP contribution in [0.4, 0.5) is 5.69 Å². The highest BCUT2D eigenvalue weighted by molar-refractivity contribution is 7.98. The molecule has 3 rings (SSSR count). The minimum atomic E-state index is -0.737. The van der Waals surface area contributed by atoms with Crippen molar-refractivity contribution in [3.8, 4) is 11.4 Å². The van der Waals surface area contributed by atoms with E-state index >= 15 is 0 Å². The Bertz CT molecular complexity index is 973. The lowest BCUT2D eigenvalue weighted by Crippen LogP contribution is -2.21. The first kappa shape index (κ1) is 19.5. The van der Waals surface area contributed by atoms with E-state index in [0.717, 1.165) is 10.6 Å². The molecule has 2 aromatic carbocycles. The number of esters is 1. The third-order valence-corrected chi connectivity index (χ3v) is 4.53. The number of rotatable bonds is 7. The molecule has 0 aliphatic heterocycles. The average molecular weight is 397 g/mol. The Morgan fingerprint density at radius 3 is 2.64 bits per heavy atom. The molecule has 1 amide bonds. The summed E-state index contributed by atoms with van der Waals surface area (Å²) in [4.78, 5) is 25.5. The molecule has 1 heterocycles. The monoisotopic (exact) mass is 397 g/mol. The summed E-state index contributed by atoms with van der Waals surface area (Å²) >= 11 is 1.57. The van der Waals surface area contributed by atoms with Crippen molar-refractivity contribution in [3.05, 3.63) is 66.5 Å². The van der Waals surface area contributed by atoms with Crippen molar-refractivity contribution >= 4 is 29.3 Å². The van der Waals surface area contributed by atoms with Gasteiger partial charge in [-0.05, 0) is 36.6 Å². The number of para-hydroxylation sites is 1. The van der Waals surface area contributed by atoms with E-state index in [1.807, 2.05) is 54.8 Å². The van der Waals surface area contributed by atoms with E-state index < -0.39 is 18.5 Å². The lowest BCUT2D eigenvalue weighted by molar-refractivity contribution is -0.119. The molecule has 0 saturated carbocycles. The summed E-state index contributed by atoms with van der Waals surface area (Å²) in [5.41, 5.74) is 1.41. The first-order valence-corrected chi connectivity index (χ1v) is 9.63. The number of anilines is 1. The predicted octanol–water partition coefficient (Wildman–Crippen LogP) is 3.40. The lowest BCUT2D eigenvalue weighted by Gasteiger charge is -2.07. The minimum absolute atomic E-state index is 0.00327. The Balaban J connectivity index is 1.64. The number of carbonyl (C=O) groups excluding carboxylic acids is 2. The van der Waals surface area contributed by atoms with E-state index in [2.05, 4.69) is 10.4 Å². The van der Waals surface area contributed by atoms with Crippen LogP contribution in [0.15, 0.2) is 65.7 Å². The van der Waals surface area contributed by atoms with Crippen molar-refractivity contribution in [2.24, 2.45) is 0 Å². The molecule has 1 N–H and O–H groups in total. The van der Waals surface area contributed by atoms with E-state index in [0.29, 0.717) is 5.69 Å². The summed E-state index contributed by atoms with van der Waals surface area (Å²) in [6.07, 6.45) is 3.53. The molecule has 0 atom stereocenters. The summed E-state index contributed by atoms with van der Waals surface area (Å²) in [6.45, 7) is -0.427. The molecule has 0 aliphatic carbocycles. The molecular formula is C20H19N3O4S. The summed E-state index contributed by atoms with van der Waals surface area (Å²) in [5.74, 6) is -0.908. The molecule has 0 aliphatic rings. The van der Waals surface area contributed by atoms with Crippen LogP contribution in [-0.4, -0.2) is 41.6 Å². The molecule has 0 radical (unpaired) electrons. The smallest absolute Gasteiger partial charge is 0.363 e. The number of methoxy groups -OCH3 is 1. The lowest BCUT2D eigenvalue weighted by atomic mass is 10.3. The molecule has 1 aromatic heterocycles. The van der Waals surface area contributed by atoms with Crippen LogP contribution in [0.1, 0.15) is 10.5 Å². The SMILES string of the molecule is COc1cn(-c2ccccc2)nc1C(=O)OCC(=O)Nc1cccc(SC)c1. The van der Waals surface area contributed by atoms with Crippen molar-refractivity contribution < 1.29 is 19.1 Å². The average Bonchev–Trinajstić information content (AvgIpc) is 3.17. The van der Waals surface area contributed by atoms with Gasteiger partial charge in [0.2, 0.25) is 5.69 Å². The van der Waals surface area contributed by atoms with Crippen molar-refractivity contribution in [3.63, 3.8) is 0 Å². The maximum atomic E-state index is 12.4. The van der Waals surface area contributed by atoms with Gasteiger partial charge in [-0.25, -0.2) is 9.48 Å². The number of ether oxygens (including phenoxy) is 2. The fraction of sp³-hybridized carbons (Fsp3) is 0.150. The Morgan fingerprint density at radius 1 is 1.14 bits per heavy atom. The molecule has 0 saturated heterocycles. The Labute approximate surface area is 166 Å². The molecule has 8 heteroatoms. The van der Waals surface area contributed by atoms with Gasteiger partial charge in [0.15, 0.2) is 12.4 Å². The molecular weight excluding hydrogens is 378 g/mol. The van der Waals surface area contributed by atoms with Gasteiger partial charge in [0.05, 0.1) is 19.0 Å².